The summed E-state index contributed by atoms with van der Waals surface area (Å²) in [5.41, 5.74) is 5.92. The van der Waals surface area contributed by atoms with Gasteiger partial charge in [-0.1, -0.05) is 57.1 Å². The molecule has 0 saturated heterocycles. The van der Waals surface area contributed by atoms with Crippen LogP contribution in [0.4, 0.5) is 5.69 Å². The van der Waals surface area contributed by atoms with Crippen LogP contribution in [0.2, 0.25) is 0 Å². The lowest BCUT2D eigenvalue weighted by Crippen LogP contribution is -2.39. The third-order valence-electron chi connectivity index (χ3n) is 5.59. The zero-order valence-electron chi connectivity index (χ0n) is 18.7. The third-order valence-corrected chi connectivity index (χ3v) is 6.72. The van der Waals surface area contributed by atoms with E-state index in [-0.39, 0.29) is 6.54 Å². The van der Waals surface area contributed by atoms with Gasteiger partial charge in [0.1, 0.15) is 6.54 Å². The number of hydrazone groups is 1. The van der Waals surface area contributed by atoms with Gasteiger partial charge >= 0.3 is 0 Å². The van der Waals surface area contributed by atoms with Crippen molar-refractivity contribution in [2.45, 2.75) is 84.5 Å². The highest BCUT2D eigenvalue weighted by molar-refractivity contribution is 7.92. The summed E-state index contributed by atoms with van der Waals surface area (Å²) in [4.78, 5) is 12.6. The third kappa shape index (κ3) is 8.46. The number of carbonyl (C=O) groups is 1. The Labute approximate surface area is 182 Å². The van der Waals surface area contributed by atoms with Crippen LogP contribution in [-0.2, 0) is 14.8 Å². The van der Waals surface area contributed by atoms with Crippen molar-refractivity contribution in [3.05, 3.63) is 29.3 Å². The van der Waals surface area contributed by atoms with Crippen LogP contribution in [0, 0.1) is 13.8 Å². The van der Waals surface area contributed by atoms with E-state index in [2.05, 4.69) is 10.5 Å². The molecule has 7 heteroatoms. The van der Waals surface area contributed by atoms with Crippen LogP contribution in [0.5, 0.6) is 0 Å². The molecule has 30 heavy (non-hydrogen) atoms. The number of hydrogen-bond donors (Lipinski definition) is 1. The van der Waals surface area contributed by atoms with E-state index >= 15 is 0 Å². The highest BCUT2D eigenvalue weighted by atomic mass is 32.2. The second-order valence-corrected chi connectivity index (χ2v) is 10.4. The molecule has 1 N–H and O–H groups in total. The first kappa shape index (κ1) is 24.4. The molecule has 168 valence electrons. The number of rotatable bonds is 5. The van der Waals surface area contributed by atoms with Gasteiger partial charge in [-0.2, -0.15) is 5.10 Å². The minimum atomic E-state index is -3.60. The molecule has 2 rings (SSSR count). The maximum Gasteiger partial charge on any atom is 0.260 e. The van der Waals surface area contributed by atoms with E-state index in [1.807, 2.05) is 26.0 Å². The molecular formula is C23H37N3O3S. The van der Waals surface area contributed by atoms with E-state index in [1.54, 1.807) is 6.07 Å². The molecule has 0 radical (unpaired) electrons. The molecule has 0 atom stereocenters. The molecular weight excluding hydrogens is 398 g/mol. The van der Waals surface area contributed by atoms with E-state index < -0.39 is 15.9 Å². The van der Waals surface area contributed by atoms with Crippen LogP contribution >= 0.6 is 0 Å². The van der Waals surface area contributed by atoms with Gasteiger partial charge in [0.05, 0.1) is 11.9 Å². The molecule has 0 aromatic heterocycles. The molecule has 0 bridgehead atoms. The first-order valence-corrected chi connectivity index (χ1v) is 13.0. The average Bonchev–Trinajstić information content (AvgIpc) is 2.67. The van der Waals surface area contributed by atoms with Crippen LogP contribution in [0.3, 0.4) is 0 Å². The van der Waals surface area contributed by atoms with E-state index in [9.17, 15) is 13.2 Å². The quantitative estimate of drug-likeness (QED) is 0.672. The Kier molecular flexibility index (Phi) is 9.82. The fourth-order valence-electron chi connectivity index (χ4n) is 3.81. The van der Waals surface area contributed by atoms with Gasteiger partial charge in [-0.25, -0.2) is 13.8 Å². The van der Waals surface area contributed by atoms with Gasteiger partial charge in [-0.3, -0.25) is 9.10 Å². The molecule has 0 aliphatic heterocycles. The van der Waals surface area contributed by atoms with Gasteiger partial charge in [0.2, 0.25) is 10.0 Å². The van der Waals surface area contributed by atoms with E-state index in [0.29, 0.717) is 5.69 Å². The summed E-state index contributed by atoms with van der Waals surface area (Å²) in [6.07, 6.45) is 14.0. The fourth-order valence-corrected chi connectivity index (χ4v) is 4.71. The van der Waals surface area contributed by atoms with Crippen LogP contribution in [-0.4, -0.2) is 32.8 Å². The summed E-state index contributed by atoms with van der Waals surface area (Å²) in [5, 5.41) is 4.38. The lowest BCUT2D eigenvalue weighted by molar-refractivity contribution is -0.119. The van der Waals surface area contributed by atoms with Crippen molar-refractivity contribution in [2.75, 3.05) is 17.1 Å². The van der Waals surface area contributed by atoms with Crippen molar-refractivity contribution >= 4 is 27.3 Å². The first-order chi connectivity index (χ1) is 14.3. The van der Waals surface area contributed by atoms with Gasteiger partial charge in [0.15, 0.2) is 0 Å². The Bertz CT molecular complexity index is 820. The fraction of sp³-hybridized carbons (Fsp3) is 0.652. The lowest BCUT2D eigenvalue weighted by Gasteiger charge is -2.23. The minimum absolute atomic E-state index is 0.278. The highest BCUT2D eigenvalue weighted by Crippen LogP contribution is 2.23. The number of nitrogens with zero attached hydrogens (tertiary/aromatic N) is 2. The lowest BCUT2D eigenvalue weighted by atomic mass is 10.00. The summed E-state index contributed by atoms with van der Waals surface area (Å²) in [6.45, 7) is 3.47. The Balaban J connectivity index is 2.05. The average molecular weight is 436 g/mol. The second kappa shape index (κ2) is 12.1. The number of aryl methyl sites for hydroxylation is 2. The van der Waals surface area contributed by atoms with Crippen molar-refractivity contribution in [3.63, 3.8) is 0 Å². The molecule has 0 heterocycles. The number of hydrogen-bond acceptors (Lipinski definition) is 4. The smallest absolute Gasteiger partial charge is 0.260 e. The summed E-state index contributed by atoms with van der Waals surface area (Å²) in [7, 11) is -3.60. The Morgan fingerprint density at radius 2 is 1.50 bits per heavy atom. The molecule has 1 saturated carbocycles. The van der Waals surface area contributed by atoms with Crippen LogP contribution < -0.4 is 9.73 Å². The van der Waals surface area contributed by atoms with E-state index in [0.717, 1.165) is 53.1 Å². The van der Waals surface area contributed by atoms with Gasteiger partial charge in [-0.05, 0) is 56.7 Å². The molecule has 6 nitrogen and oxygen atoms in total. The minimum Gasteiger partial charge on any atom is -0.271 e. The molecule has 0 spiro atoms. The molecule has 1 amide bonds. The van der Waals surface area contributed by atoms with Gasteiger partial charge < -0.3 is 0 Å². The number of anilines is 1. The number of benzene rings is 1. The van der Waals surface area contributed by atoms with Gasteiger partial charge in [0, 0.05) is 5.71 Å². The SMILES string of the molecule is Cc1ccc(C)c(N(CC(=O)NN=C2CCCCCCCCCCC2)S(C)(=O)=O)c1. The maximum atomic E-state index is 12.6. The monoisotopic (exact) mass is 435 g/mol. The number of nitrogens with one attached hydrogen (secondary N) is 1. The van der Waals surface area contributed by atoms with Crippen LogP contribution in [0.25, 0.3) is 0 Å². The number of sulfonamides is 1. The Hall–Kier alpha value is -1.89. The maximum absolute atomic E-state index is 12.6. The first-order valence-electron chi connectivity index (χ1n) is 11.2. The van der Waals surface area contributed by atoms with Crippen molar-refractivity contribution < 1.29 is 13.2 Å². The predicted octanol–water partition coefficient (Wildman–Crippen LogP) is 4.85. The number of carbonyl (C=O) groups excluding carboxylic acids is 1. The summed E-state index contributed by atoms with van der Waals surface area (Å²) < 4.78 is 25.9. The summed E-state index contributed by atoms with van der Waals surface area (Å²) >= 11 is 0. The predicted molar refractivity (Wildman–Crippen MR) is 124 cm³/mol. The Morgan fingerprint density at radius 3 is 2.03 bits per heavy atom. The van der Waals surface area contributed by atoms with Crippen LogP contribution in [0.1, 0.15) is 81.8 Å². The van der Waals surface area contributed by atoms with Crippen molar-refractivity contribution in [1.82, 2.24) is 5.43 Å². The summed E-state index contributed by atoms with van der Waals surface area (Å²) in [6, 6.07) is 5.59. The molecule has 1 aromatic rings. The summed E-state index contributed by atoms with van der Waals surface area (Å²) in [5.74, 6) is -0.417. The molecule has 1 aliphatic rings. The normalized spacial score (nSPS) is 16.8. The van der Waals surface area contributed by atoms with Gasteiger partial charge in [0.25, 0.3) is 5.91 Å². The highest BCUT2D eigenvalue weighted by Gasteiger charge is 2.22. The zero-order valence-corrected chi connectivity index (χ0v) is 19.6. The van der Waals surface area contributed by atoms with Crippen molar-refractivity contribution in [2.24, 2.45) is 5.10 Å². The number of amides is 1. The Morgan fingerprint density at radius 1 is 0.967 bits per heavy atom. The van der Waals surface area contributed by atoms with Gasteiger partial charge in [-0.15, -0.1) is 0 Å². The molecule has 1 aliphatic carbocycles. The van der Waals surface area contributed by atoms with E-state index in [1.165, 1.54) is 44.9 Å². The largest absolute Gasteiger partial charge is 0.271 e. The van der Waals surface area contributed by atoms with Crippen molar-refractivity contribution in [3.8, 4) is 0 Å². The van der Waals surface area contributed by atoms with Crippen LogP contribution in [0.15, 0.2) is 23.3 Å². The molecule has 1 aromatic carbocycles. The molecule has 0 unspecified atom stereocenters. The molecule has 1 fully saturated rings. The standard InChI is InChI=1S/C23H37N3O3S/c1-19-15-16-20(2)22(17-19)26(30(3,28)29)18-23(27)25-24-21-13-11-9-7-5-4-6-8-10-12-14-21/h15-17H,4-14,18H2,1-3H3,(H,25,27). The van der Waals surface area contributed by atoms with Crippen molar-refractivity contribution in [1.29, 1.82) is 0 Å². The van der Waals surface area contributed by atoms with E-state index in [4.69, 9.17) is 0 Å². The topological polar surface area (TPSA) is 78.8 Å². The zero-order chi connectivity index (χ0) is 22.0. The second-order valence-electron chi connectivity index (χ2n) is 8.45.